The molecule has 0 aliphatic heterocycles. The second-order valence-electron chi connectivity index (χ2n) is 20.7. The summed E-state index contributed by atoms with van der Waals surface area (Å²) in [5.41, 5.74) is 13.7. The van der Waals surface area contributed by atoms with Crippen molar-refractivity contribution in [1.29, 1.82) is 0 Å². The summed E-state index contributed by atoms with van der Waals surface area (Å²) in [4.78, 5) is 4.81. The van der Waals surface area contributed by atoms with E-state index in [0.29, 0.717) is 0 Å². The lowest BCUT2D eigenvalue weighted by Gasteiger charge is -2.27. The molecule has 0 radical (unpaired) electrons. The highest BCUT2D eigenvalue weighted by atomic mass is 32.1. The summed E-state index contributed by atoms with van der Waals surface area (Å²) in [7, 11) is 0. The molecule has 374 valence electrons. The van der Waals surface area contributed by atoms with E-state index in [1.165, 1.54) is 77.6 Å². The molecule has 0 bridgehead atoms. The van der Waals surface area contributed by atoms with Gasteiger partial charge < -0.3 is 23.1 Å². The molecule has 6 heterocycles. The number of anilines is 6. The quantitative estimate of drug-likeness (QED) is 0.159. The minimum absolute atomic E-state index is 0.809. The van der Waals surface area contributed by atoms with E-state index in [2.05, 4.69) is 228 Å². The van der Waals surface area contributed by atoms with Gasteiger partial charge in [-0.05, 0) is 114 Å². The predicted octanol–water partition coefficient (Wildman–Crippen LogP) is 23.1. The fraction of sp³-hybridized carbons (Fsp3) is 0. The van der Waals surface area contributed by atoms with E-state index in [-0.39, 0.29) is 0 Å². The first kappa shape index (κ1) is 44.3. The maximum absolute atomic E-state index is 6.90. The third-order valence-electron chi connectivity index (χ3n) is 16.3. The molecule has 0 saturated carbocycles. The highest BCUT2D eigenvalue weighted by Gasteiger charge is 2.25. The van der Waals surface area contributed by atoms with Crippen LogP contribution in [0.3, 0.4) is 0 Å². The molecule has 6 aromatic heterocycles. The van der Waals surface area contributed by atoms with Crippen LogP contribution in [0.1, 0.15) is 0 Å². The van der Waals surface area contributed by atoms with Gasteiger partial charge in [0.15, 0.2) is 0 Å². The Labute approximate surface area is 468 Å². The monoisotopic (exact) mass is 1080 g/mol. The van der Waals surface area contributed by atoms with E-state index >= 15 is 0 Å². The van der Waals surface area contributed by atoms with Gasteiger partial charge in [0.05, 0.1) is 31.2 Å². The van der Waals surface area contributed by atoms with Crippen LogP contribution >= 0.6 is 34.0 Å². The number of hydrogen-bond donors (Lipinski definition) is 0. The van der Waals surface area contributed by atoms with Gasteiger partial charge in [-0.3, -0.25) is 0 Å². The van der Waals surface area contributed by atoms with Gasteiger partial charge >= 0.3 is 0 Å². The maximum Gasteiger partial charge on any atom is 0.137 e. The highest BCUT2D eigenvalue weighted by molar-refractivity contribution is 7.27. The van der Waals surface area contributed by atoms with Crippen LogP contribution in [0.2, 0.25) is 0 Å². The third-order valence-corrected chi connectivity index (χ3v) is 19.9. The molecule has 0 aliphatic carbocycles. The Morgan fingerprint density at radius 1 is 0.225 bits per heavy atom. The smallest absolute Gasteiger partial charge is 0.137 e. The van der Waals surface area contributed by atoms with Gasteiger partial charge in [0.2, 0.25) is 0 Å². The summed E-state index contributed by atoms with van der Waals surface area (Å²) >= 11 is 5.63. The normalized spacial score (nSPS) is 12.2. The molecule has 18 rings (SSSR count). The molecule has 0 N–H and O–H groups in total. The van der Waals surface area contributed by atoms with E-state index in [0.717, 1.165) is 94.0 Å². The zero-order valence-electron chi connectivity index (χ0n) is 42.4. The van der Waals surface area contributed by atoms with Gasteiger partial charge in [-0.25, -0.2) is 0 Å². The summed E-state index contributed by atoms with van der Waals surface area (Å²) in [6, 6.07) is 87.6. The van der Waals surface area contributed by atoms with Gasteiger partial charge in [-0.2, -0.15) is 0 Å². The zero-order chi connectivity index (χ0) is 52.2. The van der Waals surface area contributed by atoms with E-state index in [4.69, 9.17) is 13.3 Å². The molecular weight excluding hydrogens is 1040 g/mol. The average Bonchev–Trinajstić information content (AvgIpc) is 4.41. The number of furan rings is 3. The zero-order valence-corrected chi connectivity index (χ0v) is 44.9. The first-order valence-corrected chi connectivity index (χ1v) is 29.2. The largest absolute Gasteiger partial charge is 0.456 e. The van der Waals surface area contributed by atoms with Crippen molar-refractivity contribution >= 4 is 194 Å². The summed E-state index contributed by atoms with van der Waals surface area (Å²) in [5.74, 6) is 0. The lowest BCUT2D eigenvalue weighted by Crippen LogP contribution is -2.10. The van der Waals surface area contributed by atoms with Crippen LogP contribution in [-0.2, 0) is 0 Å². The van der Waals surface area contributed by atoms with Crippen LogP contribution in [0.15, 0.2) is 256 Å². The number of nitrogens with zero attached hydrogens (tertiary/aromatic N) is 2. The van der Waals surface area contributed by atoms with Crippen molar-refractivity contribution in [3.8, 4) is 11.1 Å². The molecule has 0 aliphatic rings. The number of rotatable bonds is 7. The minimum Gasteiger partial charge on any atom is -0.456 e. The van der Waals surface area contributed by atoms with Gasteiger partial charge in [0.25, 0.3) is 0 Å². The second-order valence-corrected chi connectivity index (χ2v) is 23.8. The Morgan fingerprint density at radius 2 is 0.575 bits per heavy atom. The molecule has 5 nitrogen and oxygen atoms in total. The van der Waals surface area contributed by atoms with Crippen LogP contribution in [0.25, 0.3) is 137 Å². The molecule has 8 heteroatoms. The third kappa shape index (κ3) is 6.55. The first-order valence-electron chi connectivity index (χ1n) is 26.8. The van der Waals surface area contributed by atoms with Crippen LogP contribution in [0, 0.1) is 0 Å². The molecule has 0 saturated heterocycles. The SMILES string of the molecule is c1ccc2c(c1)oc1cc(N(c3ccc4c(c3)oc3ccccc34)c3ccc4c(c3)oc3cc(-c5ccc6sc7c(N(c8cccc9c8sc8ccccc89)c8cccc9c8sc8ccccc89)cccc7c6c5)ccc34)ccc12. The fourth-order valence-electron chi connectivity index (χ4n) is 12.6. The van der Waals surface area contributed by atoms with Crippen molar-refractivity contribution < 1.29 is 13.3 Å². The van der Waals surface area contributed by atoms with Gasteiger partial charge in [-0.1, -0.05) is 121 Å². The average molecular weight is 1080 g/mol. The number of benzene rings is 12. The van der Waals surface area contributed by atoms with Gasteiger partial charge in [0.1, 0.15) is 33.5 Å². The molecule has 18 aromatic rings. The molecular formula is C72H40N2O3S3. The fourth-order valence-corrected chi connectivity index (χ4v) is 16.2. The van der Waals surface area contributed by atoms with E-state index in [1.54, 1.807) is 0 Å². The van der Waals surface area contributed by atoms with Crippen molar-refractivity contribution in [2.45, 2.75) is 0 Å². The topological polar surface area (TPSA) is 45.9 Å². The maximum atomic E-state index is 6.90. The van der Waals surface area contributed by atoms with Crippen molar-refractivity contribution in [3.63, 3.8) is 0 Å². The van der Waals surface area contributed by atoms with Crippen molar-refractivity contribution in [2.24, 2.45) is 0 Å². The lowest BCUT2D eigenvalue weighted by molar-refractivity contribution is 0.669. The van der Waals surface area contributed by atoms with Crippen LogP contribution in [0.4, 0.5) is 34.1 Å². The number of hydrogen-bond acceptors (Lipinski definition) is 8. The molecule has 80 heavy (non-hydrogen) atoms. The molecule has 0 amide bonds. The van der Waals surface area contributed by atoms with Crippen molar-refractivity contribution in [3.05, 3.63) is 243 Å². The Morgan fingerprint density at radius 3 is 1.07 bits per heavy atom. The Bertz CT molecular complexity index is 5390. The highest BCUT2D eigenvalue weighted by Crippen LogP contribution is 2.53. The Balaban J connectivity index is 0.760. The predicted molar refractivity (Wildman–Crippen MR) is 342 cm³/mol. The number of para-hydroxylation sites is 2. The summed E-state index contributed by atoms with van der Waals surface area (Å²) in [5, 5.41) is 14.1. The number of thiophene rings is 3. The van der Waals surface area contributed by atoms with Crippen molar-refractivity contribution in [2.75, 3.05) is 9.80 Å². The molecule has 0 fully saturated rings. The minimum atomic E-state index is 0.809. The first-order chi connectivity index (χ1) is 39.6. The van der Waals surface area contributed by atoms with Gasteiger partial charge in [-0.15, -0.1) is 34.0 Å². The second kappa shape index (κ2) is 16.9. The summed E-state index contributed by atoms with van der Waals surface area (Å²) in [6.45, 7) is 0. The van der Waals surface area contributed by atoms with Crippen molar-refractivity contribution in [1.82, 2.24) is 0 Å². The van der Waals surface area contributed by atoms with Gasteiger partial charge in [0, 0.05) is 114 Å². The standard InChI is InChI=1S/C72H40N2O3S3/c1-5-22-61-46(12-1)49-32-28-43(38-64(49)75-61)73(44-29-33-50-47-13-2-6-23-62(47)76-65(50)39-44)45-30-34-51-48-31-26-42(37-63(48)77-66(51)40-45)41-27-35-69-57(36-41)56-18-11-21-60(72(56)80-69)74(58-19-9-16-54-52-14-3-7-24-67(52)78-70(54)58)59-20-10-17-55-53-15-4-8-25-68(53)79-71(55)59/h1-40H. The van der Waals surface area contributed by atoms with E-state index in [1.807, 2.05) is 58.3 Å². The molecule has 12 aromatic carbocycles. The molecule has 0 unspecified atom stereocenters. The summed E-state index contributed by atoms with van der Waals surface area (Å²) in [6.07, 6.45) is 0. The Hall–Kier alpha value is -9.70. The summed E-state index contributed by atoms with van der Waals surface area (Å²) < 4.78 is 27.4. The Kier molecular flexibility index (Phi) is 9.36. The lowest BCUT2D eigenvalue weighted by atomic mass is 10.0. The number of fused-ring (bicyclic) bond motifs is 18. The van der Waals surface area contributed by atoms with E-state index in [9.17, 15) is 0 Å². The van der Waals surface area contributed by atoms with E-state index < -0.39 is 0 Å². The van der Waals surface area contributed by atoms with Crippen LogP contribution < -0.4 is 9.80 Å². The van der Waals surface area contributed by atoms with Crippen LogP contribution in [0.5, 0.6) is 0 Å². The molecule has 0 atom stereocenters. The molecule has 0 spiro atoms. The van der Waals surface area contributed by atoms with Crippen LogP contribution in [-0.4, -0.2) is 0 Å².